The van der Waals surface area contributed by atoms with Crippen LogP contribution in [0, 0.1) is 0 Å². The van der Waals surface area contributed by atoms with Gasteiger partial charge in [-0.25, -0.2) is 0 Å². The van der Waals surface area contributed by atoms with Crippen LogP contribution in [-0.2, 0) is 4.74 Å². The summed E-state index contributed by atoms with van der Waals surface area (Å²) in [7, 11) is 0. The fraction of sp³-hybridized carbons (Fsp3) is 1.00. The Morgan fingerprint density at radius 1 is 1.62 bits per heavy atom. The summed E-state index contributed by atoms with van der Waals surface area (Å²) in [5.74, 6) is 0. The van der Waals surface area contributed by atoms with Crippen molar-refractivity contribution in [1.29, 1.82) is 0 Å². The molecule has 1 N–H and O–H groups in total. The van der Waals surface area contributed by atoms with E-state index in [1.165, 1.54) is 0 Å². The standard InChI is InChI=1S/C5H11NOS/c1-4-3-6-8-5(2)7-4/h4-6H,3H2,1-2H3/t4-,5+/m0/s1. The molecule has 1 fully saturated rings. The molecule has 0 amide bonds. The highest BCUT2D eigenvalue weighted by molar-refractivity contribution is 7.97. The molecule has 8 heavy (non-hydrogen) atoms. The minimum atomic E-state index is 0.318. The predicted molar refractivity (Wildman–Crippen MR) is 35.6 cm³/mol. The Hall–Kier alpha value is 0.270. The molecular weight excluding hydrogens is 122 g/mol. The van der Waals surface area contributed by atoms with Crippen molar-refractivity contribution in [2.45, 2.75) is 25.4 Å². The van der Waals surface area contributed by atoms with Gasteiger partial charge in [-0.2, -0.15) is 0 Å². The zero-order valence-corrected chi connectivity index (χ0v) is 5.99. The average molecular weight is 133 g/mol. The topological polar surface area (TPSA) is 21.3 Å². The fourth-order valence-electron chi connectivity index (χ4n) is 0.686. The summed E-state index contributed by atoms with van der Waals surface area (Å²) >= 11 is 1.65. The van der Waals surface area contributed by atoms with Crippen molar-refractivity contribution < 1.29 is 4.74 Å². The molecule has 3 heteroatoms. The van der Waals surface area contributed by atoms with Gasteiger partial charge >= 0.3 is 0 Å². The molecule has 0 aliphatic carbocycles. The van der Waals surface area contributed by atoms with E-state index in [0.717, 1.165) is 6.54 Å². The minimum Gasteiger partial charge on any atom is -0.362 e. The molecule has 2 atom stereocenters. The van der Waals surface area contributed by atoms with Crippen LogP contribution in [0.2, 0.25) is 0 Å². The second-order valence-electron chi connectivity index (χ2n) is 1.98. The molecule has 48 valence electrons. The zero-order chi connectivity index (χ0) is 5.98. The maximum Gasteiger partial charge on any atom is 0.114 e. The molecule has 1 aliphatic heterocycles. The third-order valence-corrected chi connectivity index (χ3v) is 1.82. The van der Waals surface area contributed by atoms with Crippen molar-refractivity contribution in [3.05, 3.63) is 0 Å². The summed E-state index contributed by atoms with van der Waals surface area (Å²) in [6.07, 6.45) is 0.381. The third kappa shape index (κ3) is 1.65. The molecule has 0 spiro atoms. The van der Waals surface area contributed by atoms with E-state index in [0.29, 0.717) is 11.5 Å². The average Bonchev–Trinajstić information content (AvgIpc) is 1.64. The smallest absolute Gasteiger partial charge is 0.114 e. The predicted octanol–water partition coefficient (Wildman–Crippen LogP) is 0.989. The number of rotatable bonds is 0. The van der Waals surface area contributed by atoms with Gasteiger partial charge in [-0.1, -0.05) is 0 Å². The van der Waals surface area contributed by atoms with Crippen molar-refractivity contribution in [3.8, 4) is 0 Å². The number of nitrogens with one attached hydrogen (secondary N) is 1. The molecule has 0 aromatic carbocycles. The molecule has 0 bridgehead atoms. The Bertz CT molecular complexity index is 70.8. The Morgan fingerprint density at radius 2 is 2.38 bits per heavy atom. The number of hydrogen-bond donors (Lipinski definition) is 1. The van der Waals surface area contributed by atoms with Gasteiger partial charge in [-0.05, 0) is 25.8 Å². The van der Waals surface area contributed by atoms with E-state index in [9.17, 15) is 0 Å². The lowest BCUT2D eigenvalue weighted by Crippen LogP contribution is -2.32. The second kappa shape index (κ2) is 2.71. The molecule has 0 unspecified atom stereocenters. The van der Waals surface area contributed by atoms with E-state index in [1.54, 1.807) is 11.9 Å². The first-order valence-corrected chi connectivity index (χ1v) is 3.71. The highest BCUT2D eigenvalue weighted by atomic mass is 32.2. The Labute approximate surface area is 54.1 Å². The lowest BCUT2D eigenvalue weighted by atomic mass is 10.4. The van der Waals surface area contributed by atoms with Crippen LogP contribution in [0.1, 0.15) is 13.8 Å². The fourth-order valence-corrected chi connectivity index (χ4v) is 1.50. The monoisotopic (exact) mass is 133 g/mol. The maximum atomic E-state index is 5.39. The van der Waals surface area contributed by atoms with Gasteiger partial charge in [0.2, 0.25) is 0 Å². The molecule has 0 radical (unpaired) electrons. The van der Waals surface area contributed by atoms with Crippen LogP contribution in [0.4, 0.5) is 0 Å². The van der Waals surface area contributed by atoms with Gasteiger partial charge in [-0.15, -0.1) is 0 Å². The van der Waals surface area contributed by atoms with Crippen LogP contribution in [0.25, 0.3) is 0 Å². The van der Waals surface area contributed by atoms with Gasteiger partial charge in [0.15, 0.2) is 0 Å². The first-order chi connectivity index (χ1) is 3.79. The quantitative estimate of drug-likeness (QED) is 0.498. The van der Waals surface area contributed by atoms with E-state index in [4.69, 9.17) is 4.74 Å². The zero-order valence-electron chi connectivity index (χ0n) is 5.18. The lowest BCUT2D eigenvalue weighted by molar-refractivity contribution is 0.0508. The van der Waals surface area contributed by atoms with Crippen molar-refractivity contribution in [3.63, 3.8) is 0 Å². The summed E-state index contributed by atoms with van der Waals surface area (Å²) in [5, 5.41) is 0. The Balaban J connectivity index is 2.23. The van der Waals surface area contributed by atoms with Crippen molar-refractivity contribution in [1.82, 2.24) is 4.72 Å². The highest BCUT2D eigenvalue weighted by Gasteiger charge is 2.13. The van der Waals surface area contributed by atoms with Gasteiger partial charge in [0.25, 0.3) is 0 Å². The van der Waals surface area contributed by atoms with Gasteiger partial charge in [0.05, 0.1) is 6.10 Å². The summed E-state index contributed by atoms with van der Waals surface area (Å²) in [5.41, 5.74) is 0.318. The van der Waals surface area contributed by atoms with Crippen LogP contribution < -0.4 is 4.72 Å². The molecule has 1 aliphatic rings. The van der Waals surface area contributed by atoms with Gasteiger partial charge < -0.3 is 4.74 Å². The van der Waals surface area contributed by atoms with Crippen LogP contribution in [-0.4, -0.2) is 18.1 Å². The SMILES string of the molecule is C[C@@H]1O[C@@H](C)CNS1. The summed E-state index contributed by atoms with van der Waals surface area (Å²) in [6, 6.07) is 0. The van der Waals surface area contributed by atoms with E-state index in [1.807, 2.05) is 6.92 Å². The molecule has 0 aromatic heterocycles. The second-order valence-corrected chi connectivity index (χ2v) is 3.17. The molecular formula is C5H11NOS. The van der Waals surface area contributed by atoms with Crippen LogP contribution in [0.3, 0.4) is 0 Å². The molecule has 2 nitrogen and oxygen atoms in total. The van der Waals surface area contributed by atoms with E-state index in [2.05, 4.69) is 11.6 Å². The maximum absolute atomic E-state index is 5.39. The van der Waals surface area contributed by atoms with Crippen molar-refractivity contribution in [2.75, 3.05) is 6.54 Å². The first kappa shape index (κ1) is 6.39. The van der Waals surface area contributed by atoms with E-state index >= 15 is 0 Å². The molecule has 1 rings (SSSR count). The number of hydrogen-bond acceptors (Lipinski definition) is 3. The summed E-state index contributed by atoms with van der Waals surface area (Å²) in [6.45, 7) is 5.09. The number of ether oxygens (including phenoxy) is 1. The van der Waals surface area contributed by atoms with Gasteiger partial charge in [-0.3, -0.25) is 4.72 Å². The van der Waals surface area contributed by atoms with Crippen LogP contribution in [0.15, 0.2) is 0 Å². The third-order valence-electron chi connectivity index (χ3n) is 1.04. The first-order valence-electron chi connectivity index (χ1n) is 2.83. The largest absolute Gasteiger partial charge is 0.362 e. The highest BCUT2D eigenvalue weighted by Crippen LogP contribution is 2.14. The van der Waals surface area contributed by atoms with Crippen molar-refractivity contribution >= 4 is 11.9 Å². The molecule has 1 heterocycles. The Morgan fingerprint density at radius 3 is 2.75 bits per heavy atom. The van der Waals surface area contributed by atoms with Crippen molar-refractivity contribution in [2.24, 2.45) is 0 Å². The Kier molecular flexibility index (Phi) is 2.16. The normalized spacial score (nSPS) is 39.8. The van der Waals surface area contributed by atoms with Crippen LogP contribution >= 0.6 is 11.9 Å². The van der Waals surface area contributed by atoms with Crippen LogP contribution in [0.5, 0.6) is 0 Å². The van der Waals surface area contributed by atoms with E-state index in [-0.39, 0.29) is 0 Å². The molecule has 1 saturated heterocycles. The summed E-state index contributed by atoms with van der Waals surface area (Å²) < 4.78 is 8.56. The lowest BCUT2D eigenvalue weighted by Gasteiger charge is -2.24. The molecule has 0 aromatic rings. The van der Waals surface area contributed by atoms with Gasteiger partial charge in [0, 0.05) is 6.54 Å². The molecule has 0 saturated carbocycles. The van der Waals surface area contributed by atoms with E-state index < -0.39 is 0 Å². The minimum absolute atomic E-state index is 0.318. The summed E-state index contributed by atoms with van der Waals surface area (Å²) in [4.78, 5) is 0. The van der Waals surface area contributed by atoms with Gasteiger partial charge in [0.1, 0.15) is 5.44 Å².